The van der Waals surface area contributed by atoms with Crippen LogP contribution in [-0.2, 0) is 32.7 Å². The summed E-state index contributed by atoms with van der Waals surface area (Å²) in [6.45, 7) is 2.19. The van der Waals surface area contributed by atoms with Gasteiger partial charge in [0.1, 0.15) is 0 Å². The molecular weight excluding hydrogens is 177 g/mol. The molecule has 1 saturated carbocycles. The van der Waals surface area contributed by atoms with Gasteiger partial charge in [-0.05, 0) is 25.2 Å². The molecule has 0 saturated heterocycles. The van der Waals surface area contributed by atoms with E-state index in [1.54, 1.807) is 0 Å². The van der Waals surface area contributed by atoms with Crippen molar-refractivity contribution in [1.29, 1.82) is 0 Å². The summed E-state index contributed by atoms with van der Waals surface area (Å²) in [6.07, 6.45) is 3.30. The van der Waals surface area contributed by atoms with E-state index >= 15 is 0 Å². The van der Waals surface area contributed by atoms with Gasteiger partial charge in [0.2, 0.25) is 0 Å². The van der Waals surface area contributed by atoms with Gasteiger partial charge in [0, 0.05) is 32.7 Å². The van der Waals surface area contributed by atoms with Gasteiger partial charge in [0.25, 0.3) is 0 Å². The number of hydrogen-bond donors (Lipinski definition) is 1. The quantitative estimate of drug-likeness (QED) is 0.606. The van der Waals surface area contributed by atoms with Crippen LogP contribution in [0, 0.1) is 5.92 Å². The van der Waals surface area contributed by atoms with Gasteiger partial charge < -0.3 is 5.11 Å². The molecule has 45 valence electrons. The van der Waals surface area contributed by atoms with Crippen LogP contribution in [0.2, 0.25) is 0 Å². The molecule has 2 heteroatoms. The normalized spacial score (nSPS) is 36.8. The molecule has 0 aromatic rings. The molecule has 0 aromatic heterocycles. The Kier molecular flexibility index (Phi) is 4.50. The first-order valence-electron chi connectivity index (χ1n) is 2.97. The standard InChI is InChI=1S/C6H12O.Y/c1-5-2-3-6(7)4-5;/h5-7H,2-4H2,1H3;. The van der Waals surface area contributed by atoms with Crippen molar-refractivity contribution in [2.75, 3.05) is 0 Å². The largest absolute Gasteiger partial charge is 0.393 e. The molecule has 2 unspecified atom stereocenters. The first kappa shape index (κ1) is 9.06. The van der Waals surface area contributed by atoms with E-state index in [9.17, 15) is 0 Å². The predicted octanol–water partition coefficient (Wildman–Crippen LogP) is 1.16. The van der Waals surface area contributed by atoms with Crippen molar-refractivity contribution < 1.29 is 37.8 Å². The molecule has 0 bridgehead atoms. The zero-order valence-electron chi connectivity index (χ0n) is 5.30. The van der Waals surface area contributed by atoms with Gasteiger partial charge in [-0.1, -0.05) is 6.92 Å². The summed E-state index contributed by atoms with van der Waals surface area (Å²) in [4.78, 5) is 0. The maximum atomic E-state index is 8.90. The Hall–Kier alpha value is 1.06. The minimum Gasteiger partial charge on any atom is -0.393 e. The van der Waals surface area contributed by atoms with Crippen molar-refractivity contribution in [2.24, 2.45) is 5.92 Å². The van der Waals surface area contributed by atoms with E-state index in [4.69, 9.17) is 5.11 Å². The van der Waals surface area contributed by atoms with Crippen molar-refractivity contribution in [3.05, 3.63) is 0 Å². The Labute approximate surface area is 75.7 Å². The third-order valence-electron chi connectivity index (χ3n) is 1.67. The zero-order chi connectivity index (χ0) is 5.28. The van der Waals surface area contributed by atoms with Crippen LogP contribution in [0.3, 0.4) is 0 Å². The molecule has 1 radical (unpaired) electrons. The van der Waals surface area contributed by atoms with Gasteiger partial charge in [0.15, 0.2) is 0 Å². The monoisotopic (exact) mass is 189 g/mol. The SMILES string of the molecule is CC1CCC(O)C1.[Y]. The maximum absolute atomic E-state index is 8.90. The molecule has 1 rings (SSSR count). The minimum absolute atomic E-state index is 0. The number of aliphatic hydroxyl groups excluding tert-OH is 1. The third-order valence-corrected chi connectivity index (χ3v) is 1.67. The van der Waals surface area contributed by atoms with Crippen LogP contribution in [0.1, 0.15) is 26.2 Å². The van der Waals surface area contributed by atoms with E-state index in [-0.39, 0.29) is 38.8 Å². The summed E-state index contributed by atoms with van der Waals surface area (Å²) < 4.78 is 0. The van der Waals surface area contributed by atoms with Crippen LogP contribution in [0.15, 0.2) is 0 Å². The van der Waals surface area contributed by atoms with Crippen molar-refractivity contribution in [3.8, 4) is 0 Å². The molecule has 0 spiro atoms. The van der Waals surface area contributed by atoms with Gasteiger partial charge in [0.05, 0.1) is 6.10 Å². The Morgan fingerprint density at radius 2 is 2.00 bits per heavy atom. The Morgan fingerprint density at radius 3 is 2.12 bits per heavy atom. The Bertz CT molecular complexity index is 57.5. The summed E-state index contributed by atoms with van der Waals surface area (Å²) in [7, 11) is 0. The molecule has 1 fully saturated rings. The molecule has 1 aliphatic rings. The third kappa shape index (κ3) is 2.56. The van der Waals surface area contributed by atoms with E-state index < -0.39 is 0 Å². The van der Waals surface area contributed by atoms with Crippen molar-refractivity contribution in [2.45, 2.75) is 32.3 Å². The van der Waals surface area contributed by atoms with Gasteiger partial charge in [-0.15, -0.1) is 0 Å². The van der Waals surface area contributed by atoms with Crippen LogP contribution >= 0.6 is 0 Å². The van der Waals surface area contributed by atoms with Crippen LogP contribution in [0.5, 0.6) is 0 Å². The van der Waals surface area contributed by atoms with Crippen LogP contribution in [0.4, 0.5) is 0 Å². The number of rotatable bonds is 0. The topological polar surface area (TPSA) is 20.2 Å². The van der Waals surface area contributed by atoms with Crippen molar-refractivity contribution >= 4 is 0 Å². The zero-order valence-corrected chi connectivity index (χ0v) is 8.14. The van der Waals surface area contributed by atoms with E-state index in [1.165, 1.54) is 6.42 Å². The minimum atomic E-state index is 0. The average Bonchev–Trinajstić information content (AvgIpc) is 1.87. The second-order valence-electron chi connectivity index (χ2n) is 2.57. The van der Waals surface area contributed by atoms with E-state index in [1.807, 2.05) is 0 Å². The Balaban J connectivity index is 0.000000490. The molecule has 8 heavy (non-hydrogen) atoms. The van der Waals surface area contributed by atoms with Crippen molar-refractivity contribution in [1.82, 2.24) is 0 Å². The van der Waals surface area contributed by atoms with Crippen LogP contribution in [0.25, 0.3) is 0 Å². The van der Waals surface area contributed by atoms with Gasteiger partial charge >= 0.3 is 0 Å². The molecule has 1 nitrogen and oxygen atoms in total. The molecule has 2 atom stereocenters. The summed E-state index contributed by atoms with van der Waals surface area (Å²) in [5, 5.41) is 8.90. The fraction of sp³-hybridized carbons (Fsp3) is 1.00. The first-order valence-corrected chi connectivity index (χ1v) is 2.97. The van der Waals surface area contributed by atoms with E-state index in [0.717, 1.165) is 18.8 Å². The molecule has 0 aromatic carbocycles. The maximum Gasteiger partial charge on any atom is 0.0542 e. The average molecular weight is 189 g/mol. The van der Waals surface area contributed by atoms with Gasteiger partial charge in [-0.2, -0.15) is 0 Å². The fourth-order valence-corrected chi connectivity index (χ4v) is 1.18. The fourth-order valence-electron chi connectivity index (χ4n) is 1.18. The molecule has 1 aliphatic carbocycles. The van der Waals surface area contributed by atoms with E-state index in [0.29, 0.717) is 0 Å². The first-order chi connectivity index (χ1) is 3.29. The molecule has 0 aliphatic heterocycles. The number of aliphatic hydroxyl groups is 1. The molecule has 0 amide bonds. The summed E-state index contributed by atoms with van der Waals surface area (Å²) in [5.41, 5.74) is 0. The molecule has 0 heterocycles. The number of hydrogen-bond acceptors (Lipinski definition) is 1. The molecule has 1 N–H and O–H groups in total. The van der Waals surface area contributed by atoms with E-state index in [2.05, 4.69) is 6.92 Å². The smallest absolute Gasteiger partial charge is 0.0542 e. The molecular formula is C6H12OY. The summed E-state index contributed by atoms with van der Waals surface area (Å²) in [5.74, 6) is 0.773. The van der Waals surface area contributed by atoms with Crippen LogP contribution < -0.4 is 0 Å². The Morgan fingerprint density at radius 1 is 1.38 bits per heavy atom. The van der Waals surface area contributed by atoms with Crippen molar-refractivity contribution in [3.63, 3.8) is 0 Å². The summed E-state index contributed by atoms with van der Waals surface area (Å²) >= 11 is 0. The van der Waals surface area contributed by atoms with Gasteiger partial charge in [-0.25, -0.2) is 0 Å². The predicted molar refractivity (Wildman–Crippen MR) is 29.0 cm³/mol. The summed E-state index contributed by atoms with van der Waals surface area (Å²) in [6, 6.07) is 0. The second kappa shape index (κ2) is 3.97. The van der Waals surface area contributed by atoms with Crippen LogP contribution in [-0.4, -0.2) is 11.2 Å². The van der Waals surface area contributed by atoms with Gasteiger partial charge in [-0.3, -0.25) is 0 Å². The second-order valence-corrected chi connectivity index (χ2v) is 2.57.